The number of benzene rings is 2. The van der Waals surface area contributed by atoms with Gasteiger partial charge < -0.3 is 4.90 Å². The molecule has 1 aliphatic rings. The van der Waals surface area contributed by atoms with Crippen molar-refractivity contribution in [3.8, 4) is 0 Å². The van der Waals surface area contributed by atoms with Crippen molar-refractivity contribution in [2.75, 3.05) is 18.0 Å². The van der Waals surface area contributed by atoms with E-state index < -0.39 is 0 Å². The Bertz CT molecular complexity index is 941. The summed E-state index contributed by atoms with van der Waals surface area (Å²) in [5.74, 6) is 1.36. The lowest BCUT2D eigenvalue weighted by molar-refractivity contribution is 0.0900. The van der Waals surface area contributed by atoms with Gasteiger partial charge in [0, 0.05) is 30.0 Å². The molecule has 0 amide bonds. The molecular formula is C22H23N3O. The number of hydrogen-bond acceptors (Lipinski definition) is 4. The number of rotatable bonds is 3. The van der Waals surface area contributed by atoms with Gasteiger partial charge in [-0.25, -0.2) is 9.97 Å². The van der Waals surface area contributed by atoms with E-state index in [-0.39, 0.29) is 11.7 Å². The van der Waals surface area contributed by atoms with Crippen molar-refractivity contribution >= 4 is 22.5 Å². The molecule has 1 fully saturated rings. The summed E-state index contributed by atoms with van der Waals surface area (Å²) in [6.45, 7) is 5.82. The predicted molar refractivity (Wildman–Crippen MR) is 105 cm³/mol. The van der Waals surface area contributed by atoms with Gasteiger partial charge in [0.1, 0.15) is 12.1 Å². The van der Waals surface area contributed by atoms with Gasteiger partial charge in [-0.1, -0.05) is 42.0 Å². The minimum Gasteiger partial charge on any atom is -0.356 e. The summed E-state index contributed by atoms with van der Waals surface area (Å²) in [6, 6.07) is 14.1. The van der Waals surface area contributed by atoms with Crippen LogP contribution in [0.4, 0.5) is 5.82 Å². The first kappa shape index (κ1) is 16.7. The molecule has 2 heterocycles. The molecule has 0 unspecified atom stereocenters. The molecule has 4 nitrogen and oxygen atoms in total. The number of piperidine rings is 1. The van der Waals surface area contributed by atoms with E-state index in [9.17, 15) is 4.79 Å². The van der Waals surface area contributed by atoms with Crippen LogP contribution in [-0.4, -0.2) is 28.8 Å². The second-order valence-corrected chi connectivity index (χ2v) is 7.16. The molecule has 3 aromatic rings. The lowest BCUT2D eigenvalue weighted by Crippen LogP contribution is -2.37. The number of aromatic nitrogens is 2. The standard InChI is InChI=1S/C22H23N3O/c1-15-6-8-17(9-7-15)21(26)18-10-12-25(13-11-18)22-19-5-3-4-16(2)20(19)23-14-24-22/h3-9,14,18H,10-13H2,1-2H3. The Morgan fingerprint density at radius 2 is 1.73 bits per heavy atom. The van der Waals surface area contributed by atoms with Crippen molar-refractivity contribution in [3.63, 3.8) is 0 Å². The minimum atomic E-state index is 0.101. The zero-order valence-corrected chi connectivity index (χ0v) is 15.3. The second-order valence-electron chi connectivity index (χ2n) is 7.16. The molecular weight excluding hydrogens is 322 g/mol. The number of para-hydroxylation sites is 1. The number of fused-ring (bicyclic) bond motifs is 1. The third kappa shape index (κ3) is 3.07. The minimum absolute atomic E-state index is 0.101. The number of carbonyl (C=O) groups excluding carboxylic acids is 1. The average molecular weight is 345 g/mol. The fraction of sp³-hybridized carbons (Fsp3) is 0.318. The molecule has 0 N–H and O–H groups in total. The van der Waals surface area contributed by atoms with Crippen LogP contribution >= 0.6 is 0 Å². The van der Waals surface area contributed by atoms with E-state index >= 15 is 0 Å². The van der Waals surface area contributed by atoms with Crippen LogP contribution < -0.4 is 4.90 Å². The molecule has 1 aromatic heterocycles. The SMILES string of the molecule is Cc1ccc(C(=O)C2CCN(c3ncnc4c(C)cccc34)CC2)cc1. The van der Waals surface area contributed by atoms with E-state index in [0.717, 1.165) is 53.8 Å². The summed E-state index contributed by atoms with van der Waals surface area (Å²) < 4.78 is 0. The summed E-state index contributed by atoms with van der Waals surface area (Å²) in [4.78, 5) is 24.0. The summed E-state index contributed by atoms with van der Waals surface area (Å²) in [5, 5.41) is 1.09. The van der Waals surface area contributed by atoms with E-state index in [1.165, 1.54) is 5.56 Å². The second kappa shape index (κ2) is 6.87. The van der Waals surface area contributed by atoms with Crippen LogP contribution in [-0.2, 0) is 0 Å². The van der Waals surface area contributed by atoms with Gasteiger partial charge >= 0.3 is 0 Å². The third-order valence-electron chi connectivity index (χ3n) is 5.35. The van der Waals surface area contributed by atoms with Gasteiger partial charge in [0.25, 0.3) is 0 Å². The Morgan fingerprint density at radius 3 is 2.46 bits per heavy atom. The van der Waals surface area contributed by atoms with Crippen molar-refractivity contribution in [1.82, 2.24) is 9.97 Å². The largest absolute Gasteiger partial charge is 0.356 e. The van der Waals surface area contributed by atoms with Crippen LogP contribution in [0.1, 0.15) is 34.3 Å². The van der Waals surface area contributed by atoms with Gasteiger partial charge in [-0.15, -0.1) is 0 Å². The average Bonchev–Trinajstić information content (AvgIpc) is 2.68. The van der Waals surface area contributed by atoms with Gasteiger partial charge in [-0.3, -0.25) is 4.79 Å². The van der Waals surface area contributed by atoms with Crippen LogP contribution in [0.15, 0.2) is 48.8 Å². The van der Waals surface area contributed by atoms with Crippen LogP contribution in [0.5, 0.6) is 0 Å². The van der Waals surface area contributed by atoms with E-state index in [4.69, 9.17) is 0 Å². The monoisotopic (exact) mass is 345 g/mol. The zero-order valence-electron chi connectivity index (χ0n) is 15.3. The maximum atomic E-state index is 12.8. The van der Waals surface area contributed by atoms with E-state index in [2.05, 4.69) is 40.0 Å². The number of anilines is 1. The molecule has 132 valence electrons. The van der Waals surface area contributed by atoms with Crippen LogP contribution in [0, 0.1) is 19.8 Å². The fourth-order valence-electron chi connectivity index (χ4n) is 3.78. The lowest BCUT2D eigenvalue weighted by atomic mass is 9.88. The zero-order chi connectivity index (χ0) is 18.1. The predicted octanol–water partition coefficient (Wildman–Crippen LogP) is 4.35. The van der Waals surface area contributed by atoms with Crippen molar-refractivity contribution in [2.45, 2.75) is 26.7 Å². The Labute approximate surface area is 153 Å². The quantitative estimate of drug-likeness (QED) is 0.662. The molecule has 0 atom stereocenters. The Balaban J connectivity index is 1.51. The summed E-state index contributed by atoms with van der Waals surface area (Å²) in [7, 11) is 0. The Kier molecular flexibility index (Phi) is 4.41. The number of Topliss-reactive ketones (excluding diaryl/α,β-unsaturated/α-hetero) is 1. The van der Waals surface area contributed by atoms with E-state index in [1.54, 1.807) is 6.33 Å². The number of hydrogen-bond donors (Lipinski definition) is 0. The molecule has 4 rings (SSSR count). The molecule has 1 saturated heterocycles. The Morgan fingerprint density at radius 1 is 1.00 bits per heavy atom. The molecule has 0 bridgehead atoms. The highest BCUT2D eigenvalue weighted by atomic mass is 16.1. The number of ketones is 1. The summed E-state index contributed by atoms with van der Waals surface area (Å²) in [6.07, 6.45) is 3.38. The maximum Gasteiger partial charge on any atom is 0.166 e. The third-order valence-corrected chi connectivity index (χ3v) is 5.35. The van der Waals surface area contributed by atoms with Gasteiger partial charge in [0.2, 0.25) is 0 Å². The topological polar surface area (TPSA) is 46.1 Å². The van der Waals surface area contributed by atoms with Crippen LogP contribution in [0.25, 0.3) is 10.9 Å². The molecule has 26 heavy (non-hydrogen) atoms. The highest BCUT2D eigenvalue weighted by Crippen LogP contribution is 2.29. The van der Waals surface area contributed by atoms with Gasteiger partial charge in [0.05, 0.1) is 5.52 Å². The summed E-state index contributed by atoms with van der Waals surface area (Å²) >= 11 is 0. The van der Waals surface area contributed by atoms with E-state index in [0.29, 0.717) is 0 Å². The highest BCUT2D eigenvalue weighted by molar-refractivity contribution is 5.98. The maximum absolute atomic E-state index is 12.8. The first-order chi connectivity index (χ1) is 12.6. The van der Waals surface area contributed by atoms with Crippen LogP contribution in [0.3, 0.4) is 0 Å². The number of carbonyl (C=O) groups is 1. The normalized spacial score (nSPS) is 15.4. The molecule has 1 aliphatic heterocycles. The molecule has 2 aromatic carbocycles. The Hall–Kier alpha value is -2.75. The van der Waals surface area contributed by atoms with Crippen molar-refractivity contribution in [1.29, 1.82) is 0 Å². The smallest absolute Gasteiger partial charge is 0.166 e. The van der Waals surface area contributed by atoms with Gasteiger partial charge in [-0.2, -0.15) is 0 Å². The van der Waals surface area contributed by atoms with Gasteiger partial charge in [0.15, 0.2) is 5.78 Å². The number of nitrogens with zero attached hydrogens (tertiary/aromatic N) is 3. The summed E-state index contributed by atoms with van der Waals surface area (Å²) in [5.41, 5.74) is 4.19. The molecule has 0 aliphatic carbocycles. The first-order valence-corrected chi connectivity index (χ1v) is 9.19. The molecule has 4 heteroatoms. The molecule has 0 saturated carbocycles. The molecule has 0 spiro atoms. The lowest BCUT2D eigenvalue weighted by Gasteiger charge is -2.32. The molecule has 0 radical (unpaired) electrons. The van der Waals surface area contributed by atoms with Crippen molar-refractivity contribution in [2.24, 2.45) is 5.92 Å². The fourth-order valence-corrected chi connectivity index (χ4v) is 3.78. The highest BCUT2D eigenvalue weighted by Gasteiger charge is 2.27. The first-order valence-electron chi connectivity index (χ1n) is 9.19. The van der Waals surface area contributed by atoms with Crippen molar-refractivity contribution in [3.05, 3.63) is 65.5 Å². The van der Waals surface area contributed by atoms with Gasteiger partial charge in [-0.05, 0) is 38.3 Å². The van der Waals surface area contributed by atoms with Crippen molar-refractivity contribution < 1.29 is 4.79 Å². The van der Waals surface area contributed by atoms with Crippen LogP contribution in [0.2, 0.25) is 0 Å². The van der Waals surface area contributed by atoms with E-state index in [1.807, 2.05) is 31.2 Å². The number of aryl methyl sites for hydroxylation is 2.